The van der Waals surface area contributed by atoms with E-state index in [-0.39, 0.29) is 28.7 Å². The third-order valence-electron chi connectivity index (χ3n) is 6.81. The topological polar surface area (TPSA) is 69.0 Å². The maximum absolute atomic E-state index is 13.2. The molecule has 1 N–H and O–H groups in total. The van der Waals surface area contributed by atoms with Crippen molar-refractivity contribution in [3.63, 3.8) is 0 Å². The molecule has 3 rings (SSSR count). The summed E-state index contributed by atoms with van der Waals surface area (Å²) >= 11 is 0. The number of hydrogen-bond acceptors (Lipinski definition) is 4. The number of halogens is 5. The molecular formula is C25H33F5N4O2. The number of carbonyl (C=O) groups is 1. The summed E-state index contributed by atoms with van der Waals surface area (Å²) in [5, 5.41) is 2.94. The summed E-state index contributed by atoms with van der Waals surface area (Å²) < 4.78 is 71.5. The number of nitrogens with zero attached hydrogens (tertiary/aromatic N) is 3. The van der Waals surface area contributed by atoms with Gasteiger partial charge in [0.15, 0.2) is 11.6 Å². The highest BCUT2D eigenvalue weighted by molar-refractivity contribution is 5.93. The molecule has 0 aliphatic heterocycles. The van der Waals surface area contributed by atoms with Crippen LogP contribution in [0.25, 0.3) is 5.82 Å². The lowest BCUT2D eigenvalue weighted by Crippen LogP contribution is -2.31. The van der Waals surface area contributed by atoms with Gasteiger partial charge in [-0.15, -0.1) is 0 Å². The number of aryl methyl sites for hydroxylation is 1. The number of hydrogen-bond donors (Lipinski definition) is 1. The number of imidazole rings is 1. The fourth-order valence-electron chi connectivity index (χ4n) is 4.56. The molecule has 0 radical (unpaired) electrons. The Bertz CT molecular complexity index is 1050. The quantitative estimate of drug-likeness (QED) is 0.413. The molecule has 1 saturated carbocycles. The second-order valence-electron chi connectivity index (χ2n) is 9.68. The van der Waals surface area contributed by atoms with E-state index < -0.39 is 25.1 Å². The fourth-order valence-corrected chi connectivity index (χ4v) is 4.56. The molecule has 2 heterocycles. The minimum absolute atomic E-state index is 0.0547. The Morgan fingerprint density at radius 3 is 2.50 bits per heavy atom. The van der Waals surface area contributed by atoms with Gasteiger partial charge in [-0.1, -0.05) is 33.6 Å². The standard InChI is InChI=1S/C25H33F5N4O2/c1-5-20-33-21(23(35)32-12-17-8-6-14(2)7-9-17)16(4)34(20)22-19(36-24(26)27)11-18(13-31-22)10-15(3)25(28,29)30/h11,13-15,17,24H,5-10,12H2,1-4H3,(H,32,35). The van der Waals surface area contributed by atoms with Crippen molar-refractivity contribution in [2.45, 2.75) is 79.0 Å². The number of aromatic nitrogens is 3. The Kier molecular flexibility index (Phi) is 8.94. The molecule has 6 nitrogen and oxygen atoms in total. The van der Waals surface area contributed by atoms with Crippen molar-refractivity contribution < 1.29 is 31.5 Å². The summed E-state index contributed by atoms with van der Waals surface area (Å²) in [6.45, 7) is 3.96. The van der Waals surface area contributed by atoms with Crippen molar-refractivity contribution in [2.24, 2.45) is 17.8 Å². The molecule has 0 saturated heterocycles. The van der Waals surface area contributed by atoms with Gasteiger partial charge in [-0.05, 0) is 49.7 Å². The highest BCUT2D eigenvalue weighted by atomic mass is 19.4. The molecular weight excluding hydrogens is 483 g/mol. The van der Waals surface area contributed by atoms with Gasteiger partial charge in [-0.3, -0.25) is 9.36 Å². The van der Waals surface area contributed by atoms with Crippen LogP contribution in [0.5, 0.6) is 5.75 Å². The third-order valence-corrected chi connectivity index (χ3v) is 6.81. The predicted octanol–water partition coefficient (Wildman–Crippen LogP) is 6.04. The molecule has 0 aromatic carbocycles. The van der Waals surface area contributed by atoms with E-state index >= 15 is 0 Å². The van der Waals surface area contributed by atoms with Gasteiger partial charge in [0.25, 0.3) is 5.91 Å². The smallest absolute Gasteiger partial charge is 0.391 e. The SMILES string of the molecule is CCc1nc(C(=O)NCC2CCC(C)CC2)c(C)n1-c1ncc(CC(C)C(F)(F)F)cc1OC(F)F. The van der Waals surface area contributed by atoms with E-state index in [0.717, 1.165) is 38.7 Å². The van der Waals surface area contributed by atoms with Crippen molar-refractivity contribution in [1.29, 1.82) is 0 Å². The number of rotatable bonds is 9. The second kappa shape index (κ2) is 11.6. The van der Waals surface area contributed by atoms with E-state index in [2.05, 4.69) is 26.9 Å². The van der Waals surface area contributed by atoms with Crippen molar-refractivity contribution in [1.82, 2.24) is 19.9 Å². The molecule has 0 spiro atoms. The molecule has 1 aliphatic carbocycles. The summed E-state index contributed by atoms with van der Waals surface area (Å²) in [6, 6.07) is 1.14. The van der Waals surface area contributed by atoms with Crippen molar-refractivity contribution in [3.05, 3.63) is 35.0 Å². The third kappa shape index (κ3) is 6.73. The number of nitrogens with one attached hydrogen (secondary N) is 1. The van der Waals surface area contributed by atoms with Gasteiger partial charge in [0.2, 0.25) is 0 Å². The highest BCUT2D eigenvalue weighted by Gasteiger charge is 2.36. The van der Waals surface area contributed by atoms with Crippen LogP contribution < -0.4 is 10.1 Å². The number of pyridine rings is 1. The Labute approximate surface area is 207 Å². The molecule has 0 bridgehead atoms. The number of ether oxygens (including phenoxy) is 1. The molecule has 1 aliphatic rings. The van der Waals surface area contributed by atoms with Crippen molar-refractivity contribution in [2.75, 3.05) is 6.54 Å². The van der Waals surface area contributed by atoms with E-state index in [9.17, 15) is 26.7 Å². The van der Waals surface area contributed by atoms with E-state index in [0.29, 0.717) is 36.3 Å². The Hall–Kier alpha value is -2.72. The largest absolute Gasteiger partial charge is 0.431 e. The molecule has 1 amide bonds. The Balaban J connectivity index is 1.89. The van der Waals surface area contributed by atoms with Gasteiger partial charge >= 0.3 is 12.8 Å². The van der Waals surface area contributed by atoms with Gasteiger partial charge in [0.1, 0.15) is 11.5 Å². The van der Waals surface area contributed by atoms with Gasteiger partial charge in [-0.25, -0.2) is 9.97 Å². The summed E-state index contributed by atoms with van der Waals surface area (Å²) in [5.74, 6) is -0.997. The van der Waals surface area contributed by atoms with Crippen LogP contribution in [0, 0.1) is 24.7 Å². The normalized spacial score (nSPS) is 19.4. The summed E-state index contributed by atoms with van der Waals surface area (Å²) in [5.41, 5.74) is 0.634. The zero-order chi connectivity index (χ0) is 26.6. The second-order valence-corrected chi connectivity index (χ2v) is 9.68. The van der Waals surface area contributed by atoms with Gasteiger partial charge < -0.3 is 10.1 Å². The lowest BCUT2D eigenvalue weighted by molar-refractivity contribution is -0.169. The lowest BCUT2D eigenvalue weighted by Gasteiger charge is -2.26. The number of carbonyl (C=O) groups excluding carboxylic acids is 1. The Morgan fingerprint density at radius 1 is 1.25 bits per heavy atom. The maximum atomic E-state index is 13.2. The molecule has 2 aromatic rings. The molecule has 1 fully saturated rings. The molecule has 200 valence electrons. The lowest BCUT2D eigenvalue weighted by atomic mass is 9.83. The van der Waals surface area contributed by atoms with Crippen molar-refractivity contribution in [3.8, 4) is 11.6 Å². The van der Waals surface area contributed by atoms with Crippen LogP contribution in [0.1, 0.15) is 74.0 Å². The fraction of sp³-hybridized carbons (Fsp3) is 0.640. The Morgan fingerprint density at radius 2 is 1.92 bits per heavy atom. The maximum Gasteiger partial charge on any atom is 0.391 e. The first-order valence-corrected chi connectivity index (χ1v) is 12.3. The molecule has 1 unspecified atom stereocenters. The van der Waals surface area contributed by atoms with Crippen LogP contribution in [0.4, 0.5) is 22.0 Å². The minimum Gasteiger partial charge on any atom is -0.431 e. The van der Waals surface area contributed by atoms with Crippen molar-refractivity contribution >= 4 is 5.91 Å². The highest BCUT2D eigenvalue weighted by Crippen LogP contribution is 2.32. The molecule has 2 aromatic heterocycles. The van der Waals surface area contributed by atoms with E-state index in [1.54, 1.807) is 13.8 Å². The molecule has 11 heteroatoms. The summed E-state index contributed by atoms with van der Waals surface area (Å²) in [6.07, 6.45) is 1.05. The minimum atomic E-state index is -4.43. The van der Waals surface area contributed by atoms with Crippen LogP contribution in [0.2, 0.25) is 0 Å². The first-order chi connectivity index (χ1) is 16.9. The summed E-state index contributed by atoms with van der Waals surface area (Å²) in [7, 11) is 0. The van der Waals surface area contributed by atoms with Gasteiger partial charge in [0, 0.05) is 19.2 Å². The monoisotopic (exact) mass is 516 g/mol. The van der Waals surface area contributed by atoms with Gasteiger partial charge in [-0.2, -0.15) is 22.0 Å². The average molecular weight is 517 g/mol. The van der Waals surface area contributed by atoms with E-state index in [4.69, 9.17) is 0 Å². The van der Waals surface area contributed by atoms with Gasteiger partial charge in [0.05, 0.1) is 11.6 Å². The number of amides is 1. The van der Waals surface area contributed by atoms with Crippen LogP contribution in [0.15, 0.2) is 12.3 Å². The zero-order valence-corrected chi connectivity index (χ0v) is 21.0. The molecule has 36 heavy (non-hydrogen) atoms. The first kappa shape index (κ1) is 27.9. The molecule has 1 atom stereocenters. The van der Waals surface area contributed by atoms with E-state index in [1.165, 1.54) is 10.8 Å². The first-order valence-electron chi connectivity index (χ1n) is 12.3. The van der Waals surface area contributed by atoms with E-state index in [1.807, 2.05) is 0 Å². The number of alkyl halides is 5. The van der Waals surface area contributed by atoms with Crippen LogP contribution in [-0.2, 0) is 12.8 Å². The van der Waals surface area contributed by atoms with Crippen LogP contribution >= 0.6 is 0 Å². The average Bonchev–Trinajstić information content (AvgIpc) is 3.14. The predicted molar refractivity (Wildman–Crippen MR) is 124 cm³/mol. The van der Waals surface area contributed by atoms with Crippen LogP contribution in [-0.4, -0.2) is 39.8 Å². The zero-order valence-electron chi connectivity index (χ0n) is 21.0. The van der Waals surface area contributed by atoms with Crippen LogP contribution in [0.3, 0.4) is 0 Å². The summed E-state index contributed by atoms with van der Waals surface area (Å²) in [4.78, 5) is 21.5.